The van der Waals surface area contributed by atoms with Gasteiger partial charge in [0, 0.05) is 19.0 Å². The summed E-state index contributed by atoms with van der Waals surface area (Å²) in [6.45, 7) is 0.784. The van der Waals surface area contributed by atoms with Crippen molar-refractivity contribution in [3.05, 3.63) is 0 Å². The number of amides is 1. The van der Waals surface area contributed by atoms with Gasteiger partial charge < -0.3 is 10.6 Å². The molecule has 0 aromatic rings. The lowest BCUT2D eigenvalue weighted by Crippen LogP contribution is -2.39. The van der Waals surface area contributed by atoms with Gasteiger partial charge >= 0.3 is 0 Å². The predicted octanol–water partition coefficient (Wildman–Crippen LogP) is 0.901. The van der Waals surface area contributed by atoms with Gasteiger partial charge in [-0.05, 0) is 38.1 Å². The molecular weight excluding hydrogens is 176 g/mol. The van der Waals surface area contributed by atoms with E-state index in [-0.39, 0.29) is 5.91 Å². The molecule has 0 saturated heterocycles. The largest absolute Gasteiger partial charge is 0.353 e. The highest BCUT2D eigenvalue weighted by atomic mass is 16.1. The Morgan fingerprint density at radius 1 is 1.36 bits per heavy atom. The second-order valence-electron chi connectivity index (χ2n) is 4.70. The Morgan fingerprint density at radius 3 is 2.79 bits per heavy atom. The number of carbonyl (C=O) groups excluding carboxylic acids is 1. The van der Waals surface area contributed by atoms with Crippen molar-refractivity contribution in [2.45, 2.75) is 38.1 Å². The lowest BCUT2D eigenvalue weighted by Gasteiger charge is -2.22. The van der Waals surface area contributed by atoms with Crippen LogP contribution in [-0.4, -0.2) is 25.5 Å². The fourth-order valence-corrected chi connectivity index (χ4v) is 2.94. The minimum atomic E-state index is 0.219. The molecule has 0 aromatic heterocycles. The van der Waals surface area contributed by atoms with Crippen LogP contribution in [-0.2, 0) is 4.79 Å². The van der Waals surface area contributed by atoms with Crippen LogP contribution in [0.4, 0.5) is 0 Å². The average Bonchev–Trinajstić information content (AvgIpc) is 2.76. The third-order valence-electron chi connectivity index (χ3n) is 3.69. The predicted molar refractivity (Wildman–Crippen MR) is 55.9 cm³/mol. The minimum absolute atomic E-state index is 0.219. The van der Waals surface area contributed by atoms with Crippen LogP contribution >= 0.6 is 0 Å². The van der Waals surface area contributed by atoms with Crippen LogP contribution in [0, 0.1) is 11.8 Å². The molecule has 3 unspecified atom stereocenters. The van der Waals surface area contributed by atoms with Gasteiger partial charge in [-0.2, -0.15) is 0 Å². The monoisotopic (exact) mass is 196 g/mol. The van der Waals surface area contributed by atoms with E-state index in [9.17, 15) is 4.79 Å². The van der Waals surface area contributed by atoms with Gasteiger partial charge in [0.1, 0.15) is 0 Å². The lowest BCUT2D eigenvalue weighted by molar-refractivity contribution is -0.122. The zero-order valence-electron chi connectivity index (χ0n) is 8.88. The zero-order valence-corrected chi connectivity index (χ0v) is 8.88. The van der Waals surface area contributed by atoms with Crippen molar-refractivity contribution in [3.8, 4) is 0 Å². The Bertz CT molecular complexity index is 217. The molecule has 0 radical (unpaired) electrons. The average molecular weight is 196 g/mol. The van der Waals surface area contributed by atoms with Crippen molar-refractivity contribution in [1.82, 2.24) is 10.6 Å². The van der Waals surface area contributed by atoms with E-state index in [0.717, 1.165) is 18.4 Å². The summed E-state index contributed by atoms with van der Waals surface area (Å²) in [7, 11) is 1.88. The first kappa shape index (κ1) is 9.97. The summed E-state index contributed by atoms with van der Waals surface area (Å²) in [5, 5.41) is 6.16. The summed E-state index contributed by atoms with van der Waals surface area (Å²) in [5.41, 5.74) is 0. The Morgan fingerprint density at radius 2 is 2.21 bits per heavy atom. The summed E-state index contributed by atoms with van der Waals surface area (Å²) in [6.07, 6.45) is 5.94. The molecular formula is C11H20N2O. The highest BCUT2D eigenvalue weighted by molar-refractivity contribution is 5.76. The smallest absolute Gasteiger partial charge is 0.221 e. The van der Waals surface area contributed by atoms with Gasteiger partial charge in [-0.15, -0.1) is 0 Å². The van der Waals surface area contributed by atoms with Gasteiger partial charge in [0.15, 0.2) is 0 Å². The molecule has 80 valence electrons. The number of fused-ring (bicyclic) bond motifs is 2. The Hall–Kier alpha value is -0.570. The van der Waals surface area contributed by atoms with E-state index >= 15 is 0 Å². The van der Waals surface area contributed by atoms with Gasteiger partial charge in [-0.25, -0.2) is 0 Å². The molecule has 2 aliphatic carbocycles. The van der Waals surface area contributed by atoms with Gasteiger partial charge in [-0.1, -0.05) is 6.42 Å². The summed E-state index contributed by atoms with van der Waals surface area (Å²) in [5.74, 6) is 1.92. The summed E-state index contributed by atoms with van der Waals surface area (Å²) in [4.78, 5) is 11.5. The van der Waals surface area contributed by atoms with Crippen molar-refractivity contribution >= 4 is 5.91 Å². The Labute approximate surface area is 85.6 Å². The number of hydrogen-bond acceptors (Lipinski definition) is 2. The molecule has 2 bridgehead atoms. The van der Waals surface area contributed by atoms with Gasteiger partial charge in [-0.3, -0.25) is 4.79 Å². The first-order valence-electron chi connectivity index (χ1n) is 5.73. The van der Waals surface area contributed by atoms with Gasteiger partial charge in [0.05, 0.1) is 0 Å². The Balaban J connectivity index is 1.73. The fraction of sp³-hybridized carbons (Fsp3) is 0.909. The summed E-state index contributed by atoms with van der Waals surface area (Å²) >= 11 is 0. The molecule has 2 saturated carbocycles. The molecule has 1 amide bonds. The van der Waals surface area contributed by atoms with Gasteiger partial charge in [0.25, 0.3) is 0 Å². The van der Waals surface area contributed by atoms with Crippen LogP contribution in [0.2, 0.25) is 0 Å². The molecule has 0 aromatic carbocycles. The van der Waals surface area contributed by atoms with Crippen LogP contribution in [0.15, 0.2) is 0 Å². The number of rotatable bonds is 4. The van der Waals surface area contributed by atoms with E-state index in [1.54, 1.807) is 0 Å². The topological polar surface area (TPSA) is 41.1 Å². The van der Waals surface area contributed by atoms with Crippen LogP contribution in [0.25, 0.3) is 0 Å². The maximum atomic E-state index is 11.5. The molecule has 3 heteroatoms. The molecule has 2 aliphatic rings. The van der Waals surface area contributed by atoms with Crippen molar-refractivity contribution < 1.29 is 4.79 Å². The zero-order chi connectivity index (χ0) is 9.97. The molecule has 14 heavy (non-hydrogen) atoms. The SMILES string of the molecule is CNCCC(=O)NC1CC2CCC1C2. The van der Waals surface area contributed by atoms with Crippen molar-refractivity contribution in [3.63, 3.8) is 0 Å². The van der Waals surface area contributed by atoms with E-state index in [0.29, 0.717) is 12.5 Å². The third kappa shape index (κ3) is 2.08. The standard InChI is InChI=1S/C11H20N2O/c1-12-5-4-11(14)13-10-7-8-2-3-9(10)6-8/h8-10,12H,2-7H2,1H3,(H,13,14). The van der Waals surface area contributed by atoms with Crippen LogP contribution in [0.1, 0.15) is 32.1 Å². The highest BCUT2D eigenvalue weighted by Crippen LogP contribution is 2.44. The first-order chi connectivity index (χ1) is 6.79. The first-order valence-corrected chi connectivity index (χ1v) is 5.73. The minimum Gasteiger partial charge on any atom is -0.353 e. The summed E-state index contributed by atoms with van der Waals surface area (Å²) in [6, 6.07) is 0.498. The fourth-order valence-electron chi connectivity index (χ4n) is 2.94. The van der Waals surface area contributed by atoms with Crippen molar-refractivity contribution in [2.24, 2.45) is 11.8 Å². The van der Waals surface area contributed by atoms with Gasteiger partial charge in [0.2, 0.25) is 5.91 Å². The number of hydrogen-bond donors (Lipinski definition) is 2. The number of carbonyl (C=O) groups is 1. The lowest BCUT2D eigenvalue weighted by atomic mass is 9.95. The second-order valence-corrected chi connectivity index (χ2v) is 4.70. The van der Waals surface area contributed by atoms with Crippen LogP contribution in [0.5, 0.6) is 0 Å². The number of nitrogens with one attached hydrogen (secondary N) is 2. The van der Waals surface area contributed by atoms with Crippen molar-refractivity contribution in [1.29, 1.82) is 0 Å². The molecule has 2 rings (SSSR count). The van der Waals surface area contributed by atoms with E-state index in [4.69, 9.17) is 0 Å². The molecule has 3 nitrogen and oxygen atoms in total. The maximum absolute atomic E-state index is 11.5. The molecule has 0 aliphatic heterocycles. The normalized spacial score (nSPS) is 34.8. The van der Waals surface area contributed by atoms with E-state index < -0.39 is 0 Å². The Kier molecular flexibility index (Phi) is 3.06. The maximum Gasteiger partial charge on any atom is 0.221 e. The van der Waals surface area contributed by atoms with E-state index in [1.165, 1.54) is 25.7 Å². The molecule has 2 N–H and O–H groups in total. The quantitative estimate of drug-likeness (QED) is 0.701. The van der Waals surface area contributed by atoms with E-state index in [2.05, 4.69) is 10.6 Å². The second kappa shape index (κ2) is 4.30. The molecule has 3 atom stereocenters. The van der Waals surface area contributed by atoms with Crippen LogP contribution < -0.4 is 10.6 Å². The molecule has 0 spiro atoms. The molecule has 0 heterocycles. The van der Waals surface area contributed by atoms with Crippen molar-refractivity contribution in [2.75, 3.05) is 13.6 Å². The molecule has 2 fully saturated rings. The highest BCUT2D eigenvalue weighted by Gasteiger charge is 2.39. The summed E-state index contributed by atoms with van der Waals surface area (Å²) < 4.78 is 0. The van der Waals surface area contributed by atoms with E-state index in [1.807, 2.05) is 7.05 Å². The third-order valence-corrected chi connectivity index (χ3v) is 3.69. The van der Waals surface area contributed by atoms with Crippen LogP contribution in [0.3, 0.4) is 0 Å².